The molecular formula is C17H26N2O2. The number of piperazine rings is 1. The van der Waals surface area contributed by atoms with Gasteiger partial charge in [0.05, 0.1) is 5.56 Å². The third-order valence-electron chi connectivity index (χ3n) is 5.22. The predicted octanol–water partition coefficient (Wildman–Crippen LogP) is 2.72. The highest BCUT2D eigenvalue weighted by atomic mass is 16.3. The van der Waals surface area contributed by atoms with Gasteiger partial charge in [-0.1, -0.05) is 18.9 Å². The molecule has 0 amide bonds. The first kappa shape index (κ1) is 14.7. The minimum atomic E-state index is 0.0527. The van der Waals surface area contributed by atoms with Gasteiger partial charge in [0.25, 0.3) is 0 Å². The van der Waals surface area contributed by atoms with Crippen LogP contribution in [0.4, 0.5) is 0 Å². The van der Waals surface area contributed by atoms with E-state index in [2.05, 4.69) is 16.7 Å². The average molecular weight is 290 g/mol. The highest BCUT2D eigenvalue weighted by Gasteiger charge is 2.29. The molecule has 116 valence electrons. The molecule has 1 saturated carbocycles. The van der Waals surface area contributed by atoms with E-state index in [1.807, 2.05) is 0 Å². The summed E-state index contributed by atoms with van der Waals surface area (Å²) in [6, 6.07) is 5.83. The van der Waals surface area contributed by atoms with Gasteiger partial charge in [-0.15, -0.1) is 0 Å². The summed E-state index contributed by atoms with van der Waals surface area (Å²) in [4.78, 5) is 4.99. The van der Waals surface area contributed by atoms with Crippen LogP contribution in [0.3, 0.4) is 0 Å². The van der Waals surface area contributed by atoms with Gasteiger partial charge in [-0.05, 0) is 31.9 Å². The molecule has 0 bridgehead atoms. The number of rotatable bonds is 3. The highest BCUT2D eigenvalue weighted by molar-refractivity contribution is 5.45. The van der Waals surface area contributed by atoms with Crippen LogP contribution in [0, 0.1) is 0 Å². The zero-order valence-electron chi connectivity index (χ0n) is 12.8. The normalized spacial score (nSPS) is 23.5. The number of phenols is 2. The Morgan fingerprint density at radius 1 is 1.00 bits per heavy atom. The Morgan fingerprint density at radius 3 is 2.14 bits per heavy atom. The van der Waals surface area contributed by atoms with Crippen molar-refractivity contribution in [1.82, 2.24) is 9.80 Å². The summed E-state index contributed by atoms with van der Waals surface area (Å²) in [6.45, 7) is 6.28. The molecule has 1 unspecified atom stereocenters. The fourth-order valence-electron chi connectivity index (χ4n) is 3.91. The molecule has 3 rings (SSSR count). The molecule has 2 fully saturated rings. The lowest BCUT2D eigenvalue weighted by molar-refractivity contribution is 0.0736. The second-order valence-corrected chi connectivity index (χ2v) is 6.40. The average Bonchev–Trinajstić information content (AvgIpc) is 3.01. The number of benzene rings is 1. The van der Waals surface area contributed by atoms with E-state index < -0.39 is 0 Å². The molecule has 2 aliphatic rings. The van der Waals surface area contributed by atoms with Crippen LogP contribution in [0.5, 0.6) is 11.5 Å². The van der Waals surface area contributed by atoms with Crippen molar-refractivity contribution in [3.05, 3.63) is 23.8 Å². The van der Waals surface area contributed by atoms with Gasteiger partial charge in [-0.2, -0.15) is 0 Å². The van der Waals surface area contributed by atoms with E-state index in [1.165, 1.54) is 25.7 Å². The summed E-state index contributed by atoms with van der Waals surface area (Å²) in [7, 11) is 0. The maximum absolute atomic E-state index is 10.0. The topological polar surface area (TPSA) is 46.9 Å². The van der Waals surface area contributed by atoms with Gasteiger partial charge in [0.15, 0.2) is 0 Å². The molecular weight excluding hydrogens is 264 g/mol. The van der Waals surface area contributed by atoms with Gasteiger partial charge in [0, 0.05) is 38.3 Å². The lowest BCUT2D eigenvalue weighted by Crippen LogP contribution is -2.50. The van der Waals surface area contributed by atoms with Crippen molar-refractivity contribution in [3.8, 4) is 11.5 Å². The van der Waals surface area contributed by atoms with Crippen LogP contribution in [-0.2, 0) is 0 Å². The van der Waals surface area contributed by atoms with Crippen molar-refractivity contribution < 1.29 is 10.2 Å². The molecule has 2 N–H and O–H groups in total. The quantitative estimate of drug-likeness (QED) is 0.898. The molecule has 1 atom stereocenters. The van der Waals surface area contributed by atoms with Crippen LogP contribution in [0.2, 0.25) is 0 Å². The van der Waals surface area contributed by atoms with Crippen LogP contribution in [0.25, 0.3) is 0 Å². The van der Waals surface area contributed by atoms with Crippen LogP contribution < -0.4 is 0 Å². The molecule has 4 nitrogen and oxygen atoms in total. The molecule has 1 aliphatic carbocycles. The highest BCUT2D eigenvalue weighted by Crippen LogP contribution is 2.36. The zero-order valence-corrected chi connectivity index (χ0v) is 12.8. The number of hydrogen-bond donors (Lipinski definition) is 2. The van der Waals surface area contributed by atoms with Crippen molar-refractivity contribution in [1.29, 1.82) is 0 Å². The van der Waals surface area contributed by atoms with Crippen LogP contribution in [0.1, 0.15) is 44.2 Å². The minimum Gasteiger partial charge on any atom is -0.507 e. The fourth-order valence-corrected chi connectivity index (χ4v) is 3.91. The summed E-state index contributed by atoms with van der Waals surface area (Å²) < 4.78 is 0. The Morgan fingerprint density at radius 2 is 1.57 bits per heavy atom. The Bertz CT molecular complexity index is 457. The Balaban J connectivity index is 1.63. The summed E-state index contributed by atoms with van der Waals surface area (Å²) in [5.41, 5.74) is 0.659. The smallest absolute Gasteiger partial charge is 0.124 e. The van der Waals surface area contributed by atoms with Crippen molar-refractivity contribution >= 4 is 0 Å². The predicted molar refractivity (Wildman–Crippen MR) is 83.6 cm³/mol. The Hall–Kier alpha value is -1.26. The standard InChI is InChI=1S/C17H26N2O2/c1-13(17-15(20)7-4-8-16(17)21)18-9-11-19(12-10-18)14-5-2-3-6-14/h4,7-8,13-14,20-21H,2-3,5-6,9-12H2,1H3. The third kappa shape index (κ3) is 3.01. The Kier molecular flexibility index (Phi) is 4.36. The molecule has 1 aromatic rings. The molecule has 21 heavy (non-hydrogen) atoms. The van der Waals surface area contributed by atoms with Crippen LogP contribution in [-0.4, -0.2) is 52.2 Å². The first-order valence-electron chi connectivity index (χ1n) is 8.16. The van der Waals surface area contributed by atoms with Gasteiger partial charge in [0.2, 0.25) is 0 Å². The first-order chi connectivity index (χ1) is 10.2. The monoisotopic (exact) mass is 290 g/mol. The summed E-state index contributed by atoms with van der Waals surface area (Å²) in [5, 5.41) is 20.0. The summed E-state index contributed by atoms with van der Waals surface area (Å²) in [6.07, 6.45) is 5.48. The lowest BCUT2D eigenvalue weighted by Gasteiger charge is -2.40. The largest absolute Gasteiger partial charge is 0.507 e. The molecule has 0 spiro atoms. The first-order valence-corrected chi connectivity index (χ1v) is 8.16. The molecule has 1 aromatic carbocycles. The van der Waals surface area contributed by atoms with Crippen molar-refractivity contribution in [2.75, 3.05) is 26.2 Å². The molecule has 1 saturated heterocycles. The third-order valence-corrected chi connectivity index (χ3v) is 5.22. The molecule has 1 aliphatic heterocycles. The maximum atomic E-state index is 10.0. The van der Waals surface area contributed by atoms with Crippen molar-refractivity contribution in [3.63, 3.8) is 0 Å². The van der Waals surface area contributed by atoms with E-state index in [9.17, 15) is 10.2 Å². The van der Waals surface area contributed by atoms with E-state index in [-0.39, 0.29) is 17.5 Å². The van der Waals surface area contributed by atoms with E-state index in [0.29, 0.717) is 5.56 Å². The van der Waals surface area contributed by atoms with E-state index >= 15 is 0 Å². The van der Waals surface area contributed by atoms with Gasteiger partial charge in [-0.25, -0.2) is 0 Å². The summed E-state index contributed by atoms with van der Waals surface area (Å²) >= 11 is 0. The molecule has 1 heterocycles. The second kappa shape index (κ2) is 6.24. The van der Waals surface area contributed by atoms with Crippen molar-refractivity contribution in [2.24, 2.45) is 0 Å². The zero-order chi connectivity index (χ0) is 14.8. The van der Waals surface area contributed by atoms with E-state index in [0.717, 1.165) is 32.2 Å². The number of aromatic hydroxyl groups is 2. The number of hydrogen-bond acceptors (Lipinski definition) is 4. The van der Waals surface area contributed by atoms with Gasteiger partial charge < -0.3 is 10.2 Å². The molecule has 4 heteroatoms. The van der Waals surface area contributed by atoms with Gasteiger partial charge in [-0.3, -0.25) is 9.80 Å². The Labute approximate surface area is 127 Å². The fraction of sp³-hybridized carbons (Fsp3) is 0.647. The van der Waals surface area contributed by atoms with Crippen molar-refractivity contribution in [2.45, 2.75) is 44.7 Å². The second-order valence-electron chi connectivity index (χ2n) is 6.40. The van der Waals surface area contributed by atoms with Crippen LogP contribution >= 0.6 is 0 Å². The summed E-state index contributed by atoms with van der Waals surface area (Å²) in [5.74, 6) is 0.390. The van der Waals surface area contributed by atoms with E-state index in [4.69, 9.17) is 0 Å². The molecule has 0 aromatic heterocycles. The number of nitrogens with zero attached hydrogens (tertiary/aromatic N) is 2. The van der Waals surface area contributed by atoms with Gasteiger partial charge >= 0.3 is 0 Å². The van der Waals surface area contributed by atoms with Crippen LogP contribution in [0.15, 0.2) is 18.2 Å². The SMILES string of the molecule is CC(c1c(O)cccc1O)N1CCN(C2CCCC2)CC1. The molecule has 0 radical (unpaired) electrons. The maximum Gasteiger partial charge on any atom is 0.124 e. The van der Waals surface area contributed by atoms with Gasteiger partial charge in [0.1, 0.15) is 11.5 Å². The lowest BCUT2D eigenvalue weighted by atomic mass is 10.0. The minimum absolute atomic E-state index is 0.0527. The number of phenolic OH excluding ortho intramolecular Hbond substituents is 2. The van der Waals surface area contributed by atoms with E-state index in [1.54, 1.807) is 18.2 Å².